The van der Waals surface area contributed by atoms with E-state index in [1.807, 2.05) is 0 Å². The van der Waals surface area contributed by atoms with E-state index >= 15 is 0 Å². The highest BCUT2D eigenvalue weighted by atomic mass is 31.2. The van der Waals surface area contributed by atoms with Crippen LogP contribution < -0.4 is 0 Å². The Balaban J connectivity index is 0. The van der Waals surface area contributed by atoms with Crippen molar-refractivity contribution in [3.05, 3.63) is 0 Å². The Labute approximate surface area is 95.0 Å². The number of rotatable bonds is 6. The zero-order valence-electron chi connectivity index (χ0n) is 9.87. The molecule has 0 aromatic carbocycles. The first-order chi connectivity index (χ1) is 7.46. The van der Waals surface area contributed by atoms with Gasteiger partial charge in [0.15, 0.2) is 5.85 Å². The first-order valence-electron chi connectivity index (χ1n) is 4.72. The van der Waals surface area contributed by atoms with Gasteiger partial charge in [0.25, 0.3) is 0 Å². The van der Waals surface area contributed by atoms with Crippen LogP contribution in [0.5, 0.6) is 0 Å². The normalized spacial score (nSPS) is 12.1. The van der Waals surface area contributed by atoms with Crippen LogP contribution in [0.25, 0.3) is 0 Å². The van der Waals surface area contributed by atoms with Gasteiger partial charge in [-0.1, -0.05) is 0 Å². The highest BCUT2D eigenvalue weighted by Gasteiger charge is 2.34. The molecule has 1 unspecified atom stereocenters. The van der Waals surface area contributed by atoms with Crippen LogP contribution in [0.15, 0.2) is 0 Å². The summed E-state index contributed by atoms with van der Waals surface area (Å²) in [7, 11) is -3.31. The van der Waals surface area contributed by atoms with Crippen LogP contribution in [0.2, 0.25) is 0 Å². The van der Waals surface area contributed by atoms with E-state index in [0.29, 0.717) is 0 Å². The van der Waals surface area contributed by atoms with Crippen molar-refractivity contribution in [3.63, 3.8) is 0 Å². The van der Waals surface area contributed by atoms with E-state index in [2.05, 4.69) is 0 Å². The highest BCUT2D eigenvalue weighted by Crippen LogP contribution is 2.53. The van der Waals surface area contributed by atoms with Crippen LogP contribution >= 0.6 is 7.60 Å². The Morgan fingerprint density at radius 2 is 1.62 bits per heavy atom. The SMILES string of the molecule is CCOP(=O)(OCC)C(C)OC(C)=O.N#N. The van der Waals surface area contributed by atoms with Crippen molar-refractivity contribution in [3.8, 4) is 0 Å². The minimum Gasteiger partial charge on any atom is -0.450 e. The summed E-state index contributed by atoms with van der Waals surface area (Å²) in [6.07, 6.45) is 0. The lowest BCUT2D eigenvalue weighted by atomic mass is 10.8. The van der Waals surface area contributed by atoms with Crippen LogP contribution in [0.1, 0.15) is 27.7 Å². The summed E-state index contributed by atoms with van der Waals surface area (Å²) in [5.41, 5.74) is 0. The lowest BCUT2D eigenvalue weighted by molar-refractivity contribution is -0.143. The molecule has 0 rings (SSSR count). The van der Waals surface area contributed by atoms with Gasteiger partial charge in [-0.15, -0.1) is 0 Å². The molecule has 0 aliphatic rings. The Bertz CT molecular complexity index is 258. The molecule has 0 spiro atoms. The fourth-order valence-electron chi connectivity index (χ4n) is 0.912. The Hall–Kier alpha value is -0.960. The third-order valence-electron chi connectivity index (χ3n) is 1.40. The van der Waals surface area contributed by atoms with E-state index in [0.717, 1.165) is 0 Å². The lowest BCUT2D eigenvalue weighted by Gasteiger charge is -2.22. The van der Waals surface area contributed by atoms with Crippen molar-refractivity contribution in [2.75, 3.05) is 13.2 Å². The Morgan fingerprint density at radius 3 is 1.88 bits per heavy atom. The maximum absolute atomic E-state index is 11.9. The molecule has 7 nitrogen and oxygen atoms in total. The standard InChI is InChI=1S/C8H17O5P.N2/c1-5-11-14(10,12-6-2)8(4)13-7(3)9;1-2/h8H,5-6H2,1-4H3;. The van der Waals surface area contributed by atoms with Gasteiger partial charge in [0.2, 0.25) is 0 Å². The van der Waals surface area contributed by atoms with Gasteiger partial charge in [0.1, 0.15) is 0 Å². The first-order valence-corrected chi connectivity index (χ1v) is 6.33. The summed E-state index contributed by atoms with van der Waals surface area (Å²) in [6, 6.07) is 0. The van der Waals surface area contributed by atoms with Gasteiger partial charge in [0, 0.05) is 17.7 Å². The van der Waals surface area contributed by atoms with E-state index in [-0.39, 0.29) is 13.2 Å². The molecule has 0 aliphatic carbocycles. The number of carbonyl (C=O) groups excluding carboxylic acids is 1. The zero-order valence-corrected chi connectivity index (χ0v) is 10.8. The summed E-state index contributed by atoms with van der Waals surface area (Å²) in [5, 5.41) is 12.0. The van der Waals surface area contributed by atoms with Gasteiger partial charge >= 0.3 is 13.6 Å². The molecule has 0 heterocycles. The van der Waals surface area contributed by atoms with Crippen LogP contribution in [-0.4, -0.2) is 25.0 Å². The molecule has 0 radical (unpaired) electrons. The molecular formula is C8H17N2O5P. The fourth-order valence-corrected chi connectivity index (χ4v) is 2.40. The molecule has 94 valence electrons. The second kappa shape index (κ2) is 9.28. The molecule has 0 N–H and O–H groups in total. The minimum atomic E-state index is -3.31. The summed E-state index contributed by atoms with van der Waals surface area (Å²) in [4.78, 5) is 10.7. The van der Waals surface area contributed by atoms with E-state index in [1.165, 1.54) is 13.8 Å². The van der Waals surface area contributed by atoms with E-state index < -0.39 is 19.4 Å². The van der Waals surface area contributed by atoms with Gasteiger partial charge in [-0.2, -0.15) is 0 Å². The van der Waals surface area contributed by atoms with E-state index in [9.17, 15) is 9.36 Å². The molecule has 0 bridgehead atoms. The molecule has 0 aliphatic heterocycles. The quantitative estimate of drug-likeness (QED) is 0.404. The molecule has 0 fully saturated rings. The summed E-state index contributed by atoms with van der Waals surface area (Å²) in [6.45, 7) is 6.65. The molecule has 0 amide bonds. The average molecular weight is 252 g/mol. The zero-order chi connectivity index (χ0) is 13.2. The van der Waals surface area contributed by atoms with Crippen molar-refractivity contribution < 1.29 is 23.1 Å². The lowest BCUT2D eigenvalue weighted by Crippen LogP contribution is -2.16. The van der Waals surface area contributed by atoms with Gasteiger partial charge in [-0.3, -0.25) is 9.36 Å². The molecular weight excluding hydrogens is 235 g/mol. The van der Waals surface area contributed by atoms with Crippen LogP contribution in [0.4, 0.5) is 0 Å². The monoisotopic (exact) mass is 252 g/mol. The number of esters is 1. The predicted octanol–water partition coefficient (Wildman–Crippen LogP) is 2.19. The summed E-state index contributed by atoms with van der Waals surface area (Å²) >= 11 is 0. The fraction of sp³-hybridized carbons (Fsp3) is 0.875. The molecule has 0 aromatic rings. The van der Waals surface area contributed by atoms with E-state index in [4.69, 9.17) is 24.6 Å². The second-order valence-corrected chi connectivity index (χ2v) is 4.91. The van der Waals surface area contributed by atoms with Gasteiger partial charge < -0.3 is 13.8 Å². The summed E-state index contributed by atoms with van der Waals surface area (Å²) < 4.78 is 26.7. The van der Waals surface area contributed by atoms with Crippen molar-refractivity contribution in [2.24, 2.45) is 0 Å². The van der Waals surface area contributed by atoms with Gasteiger partial charge in [0.05, 0.1) is 13.2 Å². The van der Waals surface area contributed by atoms with Gasteiger partial charge in [-0.25, -0.2) is 0 Å². The Kier molecular flexibility index (Phi) is 10.1. The molecule has 8 heteroatoms. The molecule has 1 atom stereocenters. The predicted molar refractivity (Wildman–Crippen MR) is 55.5 cm³/mol. The van der Waals surface area contributed by atoms with Crippen molar-refractivity contribution in [1.82, 2.24) is 0 Å². The maximum Gasteiger partial charge on any atom is 0.370 e. The Morgan fingerprint density at radius 1 is 1.25 bits per heavy atom. The third-order valence-corrected chi connectivity index (χ3v) is 3.63. The molecule has 0 aromatic heterocycles. The maximum atomic E-state index is 11.9. The smallest absolute Gasteiger partial charge is 0.370 e. The minimum absolute atomic E-state index is 0.253. The van der Waals surface area contributed by atoms with Crippen LogP contribution in [0, 0.1) is 10.8 Å². The molecule has 0 saturated carbocycles. The van der Waals surface area contributed by atoms with Crippen molar-refractivity contribution in [1.29, 1.82) is 10.8 Å². The van der Waals surface area contributed by atoms with Crippen LogP contribution in [-0.2, 0) is 23.1 Å². The average Bonchev–Trinajstić information content (AvgIpc) is 2.20. The highest BCUT2D eigenvalue weighted by molar-refractivity contribution is 7.54. The van der Waals surface area contributed by atoms with Gasteiger partial charge in [-0.05, 0) is 20.8 Å². The third kappa shape index (κ3) is 6.51. The second-order valence-electron chi connectivity index (χ2n) is 2.58. The number of hydrogen-bond acceptors (Lipinski definition) is 7. The van der Waals surface area contributed by atoms with Crippen molar-refractivity contribution >= 4 is 13.6 Å². The number of carbonyl (C=O) groups is 1. The number of hydrogen-bond donors (Lipinski definition) is 0. The van der Waals surface area contributed by atoms with Crippen molar-refractivity contribution in [2.45, 2.75) is 33.5 Å². The van der Waals surface area contributed by atoms with E-state index in [1.54, 1.807) is 13.8 Å². The molecule has 16 heavy (non-hydrogen) atoms. The first kappa shape index (κ1) is 17.4. The molecule has 0 saturated heterocycles. The van der Waals surface area contributed by atoms with Crippen LogP contribution in [0.3, 0.4) is 0 Å². The summed E-state index contributed by atoms with van der Waals surface area (Å²) in [5.74, 6) is -1.36. The number of ether oxygens (including phenoxy) is 1. The largest absolute Gasteiger partial charge is 0.450 e. The number of nitrogens with zero attached hydrogens (tertiary/aromatic N) is 2. The topological polar surface area (TPSA) is 109 Å².